The van der Waals surface area contributed by atoms with Crippen LogP contribution in [0.3, 0.4) is 0 Å². The Hall–Kier alpha value is -1.29. The van der Waals surface area contributed by atoms with Crippen molar-refractivity contribution in [1.29, 1.82) is 0 Å². The van der Waals surface area contributed by atoms with Crippen molar-refractivity contribution in [3.8, 4) is 0 Å². The van der Waals surface area contributed by atoms with E-state index in [4.69, 9.17) is 14.3 Å². The molecule has 1 rings (SSSR count). The van der Waals surface area contributed by atoms with Crippen LogP contribution >= 0.6 is 0 Å². The maximum absolute atomic E-state index is 10.3. The summed E-state index contributed by atoms with van der Waals surface area (Å²) in [5.41, 5.74) is 0.920. The van der Waals surface area contributed by atoms with Crippen LogP contribution in [0.15, 0.2) is 16.7 Å². The molecule has 72 valence electrons. The summed E-state index contributed by atoms with van der Waals surface area (Å²) in [4.78, 5) is 10.3. The first-order valence-electron chi connectivity index (χ1n) is 4.00. The molecule has 0 aliphatic carbocycles. The highest BCUT2D eigenvalue weighted by molar-refractivity contribution is 5.66. The Kier molecular flexibility index (Phi) is 3.52. The Labute approximate surface area is 76.1 Å². The number of hydrogen-bond donors (Lipinski definition) is 1. The molecule has 0 saturated carbocycles. The summed E-state index contributed by atoms with van der Waals surface area (Å²) in [6, 6.07) is 1.79. The Balaban J connectivity index is 2.54. The van der Waals surface area contributed by atoms with Crippen molar-refractivity contribution in [3.05, 3.63) is 23.7 Å². The molecule has 0 atom stereocenters. The minimum atomic E-state index is -0.820. The Morgan fingerprint density at radius 1 is 1.69 bits per heavy atom. The third-order valence-corrected chi connectivity index (χ3v) is 1.70. The highest BCUT2D eigenvalue weighted by Crippen LogP contribution is 2.13. The first kappa shape index (κ1) is 9.80. The lowest BCUT2D eigenvalue weighted by Gasteiger charge is -1.98. The van der Waals surface area contributed by atoms with Gasteiger partial charge < -0.3 is 14.3 Å². The van der Waals surface area contributed by atoms with Crippen molar-refractivity contribution in [1.82, 2.24) is 0 Å². The van der Waals surface area contributed by atoms with Crippen molar-refractivity contribution in [3.63, 3.8) is 0 Å². The zero-order valence-corrected chi connectivity index (χ0v) is 7.45. The minimum absolute atomic E-state index is 0.0875. The first-order chi connectivity index (χ1) is 6.24. The fourth-order valence-electron chi connectivity index (χ4n) is 1.09. The summed E-state index contributed by atoms with van der Waals surface area (Å²) in [6.07, 6.45) is 2.05. The third-order valence-electron chi connectivity index (χ3n) is 1.70. The first-order valence-corrected chi connectivity index (χ1v) is 4.00. The number of carbonyl (C=O) groups is 1. The molecule has 1 aromatic rings. The van der Waals surface area contributed by atoms with Gasteiger partial charge in [0.1, 0.15) is 5.76 Å². The van der Waals surface area contributed by atoms with Gasteiger partial charge in [-0.25, -0.2) is 0 Å². The lowest BCUT2D eigenvalue weighted by molar-refractivity contribution is -0.137. The fraction of sp³-hybridized carbons (Fsp3) is 0.444. The van der Waals surface area contributed by atoms with Crippen molar-refractivity contribution < 1.29 is 19.1 Å². The van der Waals surface area contributed by atoms with Gasteiger partial charge in [0.05, 0.1) is 19.3 Å². The number of aryl methyl sites for hydroxylation is 1. The third kappa shape index (κ3) is 2.91. The standard InChI is InChI=1S/C9H12O4/c1-12-6-7-4-5-13-8(7)2-3-9(10)11/h4-5H,2-3,6H2,1H3,(H,10,11). The lowest BCUT2D eigenvalue weighted by Crippen LogP contribution is -1.99. The number of methoxy groups -OCH3 is 1. The quantitative estimate of drug-likeness (QED) is 0.752. The molecule has 1 N–H and O–H groups in total. The van der Waals surface area contributed by atoms with Gasteiger partial charge >= 0.3 is 5.97 Å². The van der Waals surface area contributed by atoms with E-state index in [1.807, 2.05) is 0 Å². The molecule has 1 aromatic heterocycles. The molecule has 0 aliphatic rings. The monoisotopic (exact) mass is 184 g/mol. The highest BCUT2D eigenvalue weighted by Gasteiger charge is 2.07. The van der Waals surface area contributed by atoms with Crippen LogP contribution in [-0.2, 0) is 22.6 Å². The molecule has 4 heteroatoms. The summed E-state index contributed by atoms with van der Waals surface area (Å²) in [7, 11) is 1.59. The number of carboxylic acid groups (broad SMARTS) is 1. The minimum Gasteiger partial charge on any atom is -0.481 e. The SMILES string of the molecule is COCc1ccoc1CCC(=O)O. The molecule has 0 fully saturated rings. The van der Waals surface area contributed by atoms with Gasteiger partial charge in [-0.3, -0.25) is 4.79 Å². The van der Waals surface area contributed by atoms with E-state index >= 15 is 0 Å². The smallest absolute Gasteiger partial charge is 0.303 e. The van der Waals surface area contributed by atoms with Gasteiger partial charge in [0.25, 0.3) is 0 Å². The summed E-state index contributed by atoms with van der Waals surface area (Å²) < 4.78 is 10.1. The predicted molar refractivity (Wildman–Crippen MR) is 45.4 cm³/mol. The largest absolute Gasteiger partial charge is 0.481 e. The highest BCUT2D eigenvalue weighted by atomic mass is 16.5. The summed E-state index contributed by atoms with van der Waals surface area (Å²) >= 11 is 0. The average Bonchev–Trinajstić information content (AvgIpc) is 2.49. The average molecular weight is 184 g/mol. The lowest BCUT2D eigenvalue weighted by atomic mass is 10.2. The molecular formula is C9H12O4. The van der Waals surface area contributed by atoms with Crippen LogP contribution in [0.4, 0.5) is 0 Å². The number of hydrogen-bond acceptors (Lipinski definition) is 3. The van der Waals surface area contributed by atoms with Gasteiger partial charge in [-0.15, -0.1) is 0 Å². The predicted octanol–water partition coefficient (Wildman–Crippen LogP) is 1.44. The van der Waals surface area contributed by atoms with E-state index in [1.54, 1.807) is 19.4 Å². The molecule has 0 saturated heterocycles. The van der Waals surface area contributed by atoms with Gasteiger partial charge in [0.15, 0.2) is 0 Å². The summed E-state index contributed by atoms with van der Waals surface area (Å²) in [6.45, 7) is 0.464. The number of rotatable bonds is 5. The van der Waals surface area contributed by atoms with Crippen LogP contribution in [0.1, 0.15) is 17.7 Å². The number of carboxylic acids is 1. The maximum Gasteiger partial charge on any atom is 0.303 e. The molecule has 0 aromatic carbocycles. The van der Waals surface area contributed by atoms with Gasteiger partial charge in [-0.1, -0.05) is 0 Å². The van der Waals surface area contributed by atoms with Crippen LogP contribution in [0.2, 0.25) is 0 Å². The number of aliphatic carboxylic acids is 1. The topological polar surface area (TPSA) is 59.7 Å². The summed E-state index contributed by atoms with van der Waals surface area (Å²) in [5, 5.41) is 8.46. The molecule has 13 heavy (non-hydrogen) atoms. The van der Waals surface area contributed by atoms with Gasteiger partial charge in [-0.05, 0) is 6.07 Å². The number of ether oxygens (including phenoxy) is 1. The second-order valence-electron chi connectivity index (χ2n) is 2.70. The Morgan fingerprint density at radius 3 is 3.08 bits per heavy atom. The van der Waals surface area contributed by atoms with Gasteiger partial charge in [0.2, 0.25) is 0 Å². The van der Waals surface area contributed by atoms with Crippen LogP contribution in [0.5, 0.6) is 0 Å². The summed E-state index contributed by atoms with van der Waals surface area (Å²) in [5.74, 6) is -0.121. The maximum atomic E-state index is 10.3. The molecule has 0 spiro atoms. The van der Waals surface area contributed by atoms with E-state index in [0.29, 0.717) is 18.8 Å². The van der Waals surface area contributed by atoms with Crippen LogP contribution in [0, 0.1) is 0 Å². The van der Waals surface area contributed by atoms with Crippen molar-refractivity contribution in [2.24, 2.45) is 0 Å². The van der Waals surface area contributed by atoms with E-state index in [2.05, 4.69) is 0 Å². The van der Waals surface area contributed by atoms with E-state index in [1.165, 1.54) is 0 Å². The Morgan fingerprint density at radius 2 is 2.46 bits per heavy atom. The second-order valence-corrected chi connectivity index (χ2v) is 2.70. The van der Waals surface area contributed by atoms with Crippen molar-refractivity contribution >= 4 is 5.97 Å². The van der Waals surface area contributed by atoms with Crippen LogP contribution in [0.25, 0.3) is 0 Å². The van der Waals surface area contributed by atoms with Gasteiger partial charge in [0, 0.05) is 19.1 Å². The van der Waals surface area contributed by atoms with Crippen molar-refractivity contribution in [2.45, 2.75) is 19.4 Å². The fourth-order valence-corrected chi connectivity index (χ4v) is 1.09. The Bertz CT molecular complexity index is 277. The van der Waals surface area contributed by atoms with E-state index in [0.717, 1.165) is 5.56 Å². The molecule has 0 amide bonds. The molecule has 0 unspecified atom stereocenters. The van der Waals surface area contributed by atoms with E-state index in [-0.39, 0.29) is 6.42 Å². The van der Waals surface area contributed by atoms with E-state index < -0.39 is 5.97 Å². The zero-order chi connectivity index (χ0) is 9.68. The molecule has 0 bridgehead atoms. The second kappa shape index (κ2) is 4.67. The molecular weight excluding hydrogens is 172 g/mol. The normalized spacial score (nSPS) is 10.2. The molecule has 4 nitrogen and oxygen atoms in total. The zero-order valence-electron chi connectivity index (χ0n) is 7.45. The van der Waals surface area contributed by atoms with Crippen LogP contribution in [-0.4, -0.2) is 18.2 Å². The van der Waals surface area contributed by atoms with E-state index in [9.17, 15) is 4.79 Å². The van der Waals surface area contributed by atoms with Crippen molar-refractivity contribution in [2.75, 3.05) is 7.11 Å². The molecule has 0 aliphatic heterocycles. The number of furan rings is 1. The molecule has 1 heterocycles. The molecule has 0 radical (unpaired) electrons. The van der Waals surface area contributed by atoms with Crippen LogP contribution < -0.4 is 0 Å². The van der Waals surface area contributed by atoms with Gasteiger partial charge in [-0.2, -0.15) is 0 Å².